The summed E-state index contributed by atoms with van der Waals surface area (Å²) in [7, 11) is 1.45. The lowest BCUT2D eigenvalue weighted by Crippen LogP contribution is -2.31. The number of aromatic nitrogens is 4. The SMILES string of the molecule is COc1cc2cnc(C(=O)C(=O)Nc3nccs3)n2nc1C(=O)N1CCC(Cc2ccccc2)C1. The Kier molecular flexibility index (Phi) is 6.23. The van der Waals surface area contributed by atoms with Crippen LogP contribution in [0, 0.1) is 5.92 Å². The number of rotatable bonds is 7. The molecule has 2 amide bonds. The highest BCUT2D eigenvalue weighted by Crippen LogP contribution is 2.26. The number of nitrogens with one attached hydrogen (secondary N) is 1. The average Bonchev–Trinajstić information content (AvgIpc) is 3.64. The molecule has 10 nitrogen and oxygen atoms in total. The highest BCUT2D eigenvalue weighted by atomic mass is 32.1. The molecular formula is C24H22N6O4S. The van der Waals surface area contributed by atoms with Crippen LogP contribution in [0.2, 0.25) is 0 Å². The Morgan fingerprint density at radius 1 is 1.20 bits per heavy atom. The Morgan fingerprint density at radius 3 is 2.77 bits per heavy atom. The number of methoxy groups -OCH3 is 1. The lowest BCUT2D eigenvalue weighted by Gasteiger charge is -2.18. The molecule has 1 unspecified atom stereocenters. The van der Waals surface area contributed by atoms with Crippen LogP contribution in [0.3, 0.4) is 0 Å². The van der Waals surface area contributed by atoms with Crippen molar-refractivity contribution in [2.45, 2.75) is 12.8 Å². The van der Waals surface area contributed by atoms with Gasteiger partial charge >= 0.3 is 5.91 Å². The van der Waals surface area contributed by atoms with E-state index in [2.05, 4.69) is 32.5 Å². The number of Topliss-reactive ketones (excluding diaryl/α,β-unsaturated/α-hetero) is 1. The minimum atomic E-state index is -0.889. The zero-order chi connectivity index (χ0) is 24.4. The first kappa shape index (κ1) is 22.7. The molecule has 3 aromatic heterocycles. The second-order valence-electron chi connectivity index (χ2n) is 8.20. The standard InChI is InChI=1S/C24H22N6O4S/c1-34-18-12-17-13-26-21(20(31)22(32)27-24-25-8-10-35-24)30(17)28-19(18)23(33)29-9-7-16(14-29)11-15-5-3-2-4-6-15/h2-6,8,10,12-13,16H,7,9,11,14H2,1H3,(H,25,27,32). The van der Waals surface area contributed by atoms with E-state index in [1.54, 1.807) is 16.3 Å². The Hall–Kier alpha value is -4.12. The van der Waals surface area contributed by atoms with E-state index in [0.29, 0.717) is 29.7 Å². The summed E-state index contributed by atoms with van der Waals surface area (Å²) < 4.78 is 6.63. The highest BCUT2D eigenvalue weighted by Gasteiger charge is 2.31. The maximum atomic E-state index is 13.4. The third kappa shape index (κ3) is 4.62. The minimum Gasteiger partial charge on any atom is -0.494 e. The van der Waals surface area contributed by atoms with Gasteiger partial charge < -0.3 is 9.64 Å². The molecule has 178 valence electrons. The first-order valence-corrected chi connectivity index (χ1v) is 11.9. The summed E-state index contributed by atoms with van der Waals surface area (Å²) in [5.41, 5.74) is 1.72. The Balaban J connectivity index is 1.38. The van der Waals surface area contributed by atoms with Crippen molar-refractivity contribution >= 4 is 39.6 Å². The monoisotopic (exact) mass is 490 g/mol. The third-order valence-corrected chi connectivity index (χ3v) is 6.59. The lowest BCUT2D eigenvalue weighted by atomic mass is 9.99. The summed E-state index contributed by atoms with van der Waals surface area (Å²) in [6, 6.07) is 11.8. The number of carbonyl (C=O) groups excluding carboxylic acids is 3. The molecule has 4 heterocycles. The molecule has 35 heavy (non-hydrogen) atoms. The summed E-state index contributed by atoms with van der Waals surface area (Å²) in [6.45, 7) is 1.20. The van der Waals surface area contributed by atoms with E-state index in [1.807, 2.05) is 18.2 Å². The Morgan fingerprint density at radius 2 is 2.03 bits per heavy atom. The van der Waals surface area contributed by atoms with Gasteiger partial charge in [0.15, 0.2) is 16.6 Å². The number of amides is 2. The number of carbonyl (C=O) groups is 3. The second kappa shape index (κ2) is 9.63. The van der Waals surface area contributed by atoms with Gasteiger partial charge in [-0.15, -0.1) is 11.3 Å². The molecule has 1 saturated heterocycles. The number of hydrogen-bond donors (Lipinski definition) is 1. The van der Waals surface area contributed by atoms with Crippen LogP contribution in [0.15, 0.2) is 54.2 Å². The first-order valence-electron chi connectivity index (χ1n) is 11.0. The molecule has 4 aromatic rings. The predicted molar refractivity (Wildman–Crippen MR) is 129 cm³/mol. The van der Waals surface area contributed by atoms with Gasteiger partial charge in [-0.1, -0.05) is 30.3 Å². The fourth-order valence-electron chi connectivity index (χ4n) is 4.19. The van der Waals surface area contributed by atoms with Crippen LogP contribution in [-0.2, 0) is 11.2 Å². The van der Waals surface area contributed by atoms with Crippen LogP contribution in [0.1, 0.15) is 33.1 Å². The fraction of sp³-hybridized carbons (Fsp3) is 0.250. The van der Waals surface area contributed by atoms with Crippen molar-refractivity contribution in [1.82, 2.24) is 24.5 Å². The van der Waals surface area contributed by atoms with Gasteiger partial charge in [-0.25, -0.2) is 14.5 Å². The Bertz CT molecular complexity index is 1390. The quantitative estimate of drug-likeness (QED) is 0.313. The molecule has 0 saturated carbocycles. The average molecular weight is 491 g/mol. The van der Waals surface area contributed by atoms with Crippen molar-refractivity contribution < 1.29 is 19.1 Å². The van der Waals surface area contributed by atoms with Crippen LogP contribution in [0.5, 0.6) is 5.75 Å². The van der Waals surface area contributed by atoms with Crippen LogP contribution in [0.4, 0.5) is 5.13 Å². The zero-order valence-electron chi connectivity index (χ0n) is 18.9. The molecule has 1 N–H and O–H groups in total. The van der Waals surface area contributed by atoms with Crippen LogP contribution in [-0.4, -0.2) is 62.3 Å². The normalized spacial score (nSPS) is 15.3. The van der Waals surface area contributed by atoms with Crippen molar-refractivity contribution in [2.75, 3.05) is 25.5 Å². The largest absolute Gasteiger partial charge is 0.494 e. The first-order chi connectivity index (χ1) is 17.0. The molecule has 1 aliphatic rings. The fourth-order valence-corrected chi connectivity index (χ4v) is 4.72. The summed E-state index contributed by atoms with van der Waals surface area (Å²) in [6.07, 6.45) is 4.70. The van der Waals surface area contributed by atoms with E-state index in [4.69, 9.17) is 4.74 Å². The molecule has 1 atom stereocenters. The number of ketones is 1. The number of likely N-dealkylation sites (tertiary alicyclic amines) is 1. The van der Waals surface area contributed by atoms with Gasteiger partial charge in [-0.2, -0.15) is 5.10 Å². The number of hydrogen-bond acceptors (Lipinski definition) is 8. The van der Waals surface area contributed by atoms with Crippen LogP contribution >= 0.6 is 11.3 Å². The molecule has 0 bridgehead atoms. The third-order valence-electron chi connectivity index (χ3n) is 5.90. The van der Waals surface area contributed by atoms with E-state index in [1.165, 1.54) is 40.9 Å². The number of thiazole rings is 1. The number of fused-ring (bicyclic) bond motifs is 1. The summed E-state index contributed by atoms with van der Waals surface area (Å²) in [5, 5.41) is 8.81. The van der Waals surface area contributed by atoms with E-state index < -0.39 is 11.7 Å². The number of ether oxygens (including phenoxy) is 1. The van der Waals surface area contributed by atoms with E-state index in [-0.39, 0.29) is 23.2 Å². The molecule has 0 radical (unpaired) electrons. The van der Waals surface area contributed by atoms with Crippen molar-refractivity contribution in [1.29, 1.82) is 0 Å². The number of benzene rings is 1. The van der Waals surface area contributed by atoms with Gasteiger partial charge in [0.25, 0.3) is 11.7 Å². The summed E-state index contributed by atoms with van der Waals surface area (Å²) in [5.74, 6) is -1.65. The van der Waals surface area contributed by atoms with E-state index in [0.717, 1.165) is 12.8 Å². The molecular weight excluding hydrogens is 468 g/mol. The molecule has 1 aromatic carbocycles. The lowest BCUT2D eigenvalue weighted by molar-refractivity contribution is -0.112. The van der Waals surface area contributed by atoms with Gasteiger partial charge in [0.05, 0.1) is 18.8 Å². The predicted octanol–water partition coefficient (Wildman–Crippen LogP) is 2.72. The van der Waals surface area contributed by atoms with Crippen LogP contribution < -0.4 is 10.1 Å². The van der Waals surface area contributed by atoms with Crippen molar-refractivity contribution in [3.63, 3.8) is 0 Å². The zero-order valence-corrected chi connectivity index (χ0v) is 19.7. The Labute approximate surface area is 204 Å². The van der Waals surface area contributed by atoms with E-state index in [9.17, 15) is 14.4 Å². The second-order valence-corrected chi connectivity index (χ2v) is 9.09. The topological polar surface area (TPSA) is 119 Å². The van der Waals surface area contributed by atoms with Gasteiger partial charge in [-0.05, 0) is 24.3 Å². The van der Waals surface area contributed by atoms with Gasteiger partial charge in [0.2, 0.25) is 5.82 Å². The number of nitrogens with zero attached hydrogens (tertiary/aromatic N) is 5. The maximum absolute atomic E-state index is 13.4. The maximum Gasteiger partial charge on any atom is 0.301 e. The van der Waals surface area contributed by atoms with E-state index >= 15 is 0 Å². The molecule has 0 aliphatic carbocycles. The highest BCUT2D eigenvalue weighted by molar-refractivity contribution is 7.13. The minimum absolute atomic E-state index is 0.0627. The van der Waals surface area contributed by atoms with Crippen LogP contribution in [0.25, 0.3) is 5.52 Å². The van der Waals surface area contributed by atoms with Gasteiger partial charge in [0, 0.05) is 30.7 Å². The molecule has 11 heteroatoms. The van der Waals surface area contributed by atoms with Crippen molar-refractivity contribution in [3.05, 3.63) is 71.3 Å². The summed E-state index contributed by atoms with van der Waals surface area (Å²) in [4.78, 5) is 48.3. The number of anilines is 1. The van der Waals surface area contributed by atoms with Crippen molar-refractivity contribution in [3.8, 4) is 5.75 Å². The molecule has 0 spiro atoms. The smallest absolute Gasteiger partial charge is 0.301 e. The molecule has 5 rings (SSSR count). The number of imidazole rings is 1. The molecule has 1 aliphatic heterocycles. The van der Waals surface area contributed by atoms with Gasteiger partial charge in [-0.3, -0.25) is 19.7 Å². The van der Waals surface area contributed by atoms with Gasteiger partial charge in [0.1, 0.15) is 0 Å². The summed E-state index contributed by atoms with van der Waals surface area (Å²) >= 11 is 1.19. The van der Waals surface area contributed by atoms with Crippen molar-refractivity contribution in [2.24, 2.45) is 5.92 Å². The molecule has 1 fully saturated rings.